The quantitative estimate of drug-likeness (QED) is 0.129. The van der Waals surface area contributed by atoms with Crippen LogP contribution < -0.4 is 25.0 Å². The maximum Gasteiger partial charge on any atom is 0.256 e. The molecule has 0 fully saturated rings. The van der Waals surface area contributed by atoms with E-state index in [0.717, 1.165) is 13.0 Å². The smallest absolute Gasteiger partial charge is 0.256 e. The van der Waals surface area contributed by atoms with Crippen LogP contribution in [0.3, 0.4) is 0 Å². The van der Waals surface area contributed by atoms with Gasteiger partial charge in [0, 0.05) is 47.0 Å². The molecular weight excluding hydrogens is 692 g/mol. The molecule has 51 heavy (non-hydrogen) atoms. The number of amides is 2. The SMILES string of the molecule is COc1c(OCCNCCc2ccccc2)cccc1[C@@H]1O[C@@H](CC(=O)NCc2ccccc2F)C(=O)N(CC(C)(C)C)c2ccc(Cl)cc21.Cl. The molecule has 2 amide bonds. The summed E-state index contributed by atoms with van der Waals surface area (Å²) in [5, 5.41) is 6.64. The fraction of sp³-hybridized carbons (Fsp3) is 0.350. The summed E-state index contributed by atoms with van der Waals surface area (Å²) in [6.07, 6.45) is -1.38. The van der Waals surface area contributed by atoms with E-state index >= 15 is 0 Å². The van der Waals surface area contributed by atoms with E-state index in [1.165, 1.54) is 11.6 Å². The fourth-order valence-corrected chi connectivity index (χ4v) is 6.15. The number of carbonyl (C=O) groups is 2. The van der Waals surface area contributed by atoms with E-state index in [2.05, 4.69) is 22.8 Å². The minimum absolute atomic E-state index is 0. The highest BCUT2D eigenvalue weighted by molar-refractivity contribution is 6.30. The van der Waals surface area contributed by atoms with Crippen molar-refractivity contribution in [3.05, 3.63) is 124 Å². The summed E-state index contributed by atoms with van der Waals surface area (Å²) < 4.78 is 33.0. The number of halogens is 3. The second-order valence-electron chi connectivity index (χ2n) is 13.5. The van der Waals surface area contributed by atoms with Crippen molar-refractivity contribution in [2.75, 3.05) is 38.3 Å². The van der Waals surface area contributed by atoms with Gasteiger partial charge in [0.2, 0.25) is 5.91 Å². The molecule has 1 heterocycles. The Kier molecular flexibility index (Phi) is 14.3. The van der Waals surface area contributed by atoms with Crippen LogP contribution in [0.25, 0.3) is 0 Å². The van der Waals surface area contributed by atoms with Gasteiger partial charge in [0.15, 0.2) is 11.5 Å². The van der Waals surface area contributed by atoms with Crippen LogP contribution in [0.4, 0.5) is 10.1 Å². The molecular formula is C40H46Cl2FN3O5. The van der Waals surface area contributed by atoms with E-state index in [9.17, 15) is 14.0 Å². The predicted octanol–water partition coefficient (Wildman–Crippen LogP) is 7.69. The second-order valence-corrected chi connectivity index (χ2v) is 13.9. The number of carbonyl (C=O) groups excluding carboxylic acids is 2. The highest BCUT2D eigenvalue weighted by Crippen LogP contribution is 2.45. The first-order valence-corrected chi connectivity index (χ1v) is 17.2. The zero-order chi connectivity index (χ0) is 35.7. The van der Waals surface area contributed by atoms with Gasteiger partial charge < -0.3 is 29.7 Å². The van der Waals surface area contributed by atoms with Crippen molar-refractivity contribution in [3.63, 3.8) is 0 Å². The van der Waals surface area contributed by atoms with Crippen molar-refractivity contribution in [2.45, 2.75) is 52.4 Å². The average molecular weight is 739 g/mol. The van der Waals surface area contributed by atoms with Gasteiger partial charge in [-0.25, -0.2) is 4.39 Å². The lowest BCUT2D eigenvalue weighted by molar-refractivity contribution is -0.138. The van der Waals surface area contributed by atoms with Gasteiger partial charge in [0.1, 0.15) is 24.6 Å². The molecule has 5 rings (SSSR count). The third-order valence-corrected chi connectivity index (χ3v) is 8.54. The summed E-state index contributed by atoms with van der Waals surface area (Å²) in [6.45, 7) is 8.28. The molecule has 272 valence electrons. The molecule has 2 N–H and O–H groups in total. The number of methoxy groups -OCH3 is 1. The van der Waals surface area contributed by atoms with Crippen molar-refractivity contribution in [1.29, 1.82) is 0 Å². The molecule has 4 aromatic carbocycles. The van der Waals surface area contributed by atoms with E-state index in [1.807, 2.05) is 63.2 Å². The molecule has 0 saturated carbocycles. The Morgan fingerprint density at radius 1 is 0.961 bits per heavy atom. The van der Waals surface area contributed by atoms with Crippen molar-refractivity contribution in [2.24, 2.45) is 5.41 Å². The van der Waals surface area contributed by atoms with E-state index in [0.29, 0.717) is 58.6 Å². The normalized spacial score (nSPS) is 15.7. The maximum absolute atomic E-state index is 14.3. The minimum Gasteiger partial charge on any atom is -0.492 e. The summed E-state index contributed by atoms with van der Waals surface area (Å²) in [6, 6.07) is 27.4. The second kappa shape index (κ2) is 18.4. The average Bonchev–Trinajstić information content (AvgIpc) is 3.19. The summed E-state index contributed by atoms with van der Waals surface area (Å²) in [7, 11) is 1.56. The Labute approximate surface area is 311 Å². The van der Waals surface area contributed by atoms with Gasteiger partial charge >= 0.3 is 0 Å². The van der Waals surface area contributed by atoms with E-state index in [4.69, 9.17) is 25.8 Å². The third-order valence-electron chi connectivity index (χ3n) is 8.31. The minimum atomic E-state index is -1.17. The van der Waals surface area contributed by atoms with Crippen LogP contribution in [0.15, 0.2) is 91.0 Å². The molecule has 0 aliphatic carbocycles. The van der Waals surface area contributed by atoms with Gasteiger partial charge in [-0.1, -0.05) is 93.0 Å². The highest BCUT2D eigenvalue weighted by Gasteiger charge is 2.40. The molecule has 8 nitrogen and oxygen atoms in total. The summed E-state index contributed by atoms with van der Waals surface area (Å²) in [5.41, 5.74) is 3.22. The maximum atomic E-state index is 14.3. The Balaban J connectivity index is 0.00000583. The predicted molar refractivity (Wildman–Crippen MR) is 202 cm³/mol. The number of rotatable bonds is 14. The number of hydrogen-bond acceptors (Lipinski definition) is 6. The van der Waals surface area contributed by atoms with Crippen molar-refractivity contribution in [3.8, 4) is 11.5 Å². The highest BCUT2D eigenvalue weighted by atomic mass is 35.5. The van der Waals surface area contributed by atoms with Crippen LogP contribution in [0.1, 0.15) is 55.5 Å². The standard InChI is InChI=1S/C40H45ClFN3O5.ClH/c1-40(2,3)26-45-33-18-17-29(41)23-31(33)37(50-35(39(45)47)24-36(46)44-25-28-13-8-9-15-32(28)42)30-14-10-16-34(38(30)48-4)49-22-21-43-20-19-27-11-6-5-7-12-27;/h5-18,23,35,37,43H,19-22,24-26H2,1-4H3,(H,44,46);1H/t35-,37-;/m0./s1. The molecule has 0 radical (unpaired) electrons. The van der Waals surface area contributed by atoms with Crippen molar-refractivity contribution in [1.82, 2.24) is 10.6 Å². The molecule has 1 aliphatic heterocycles. The van der Waals surface area contributed by atoms with E-state index in [-0.39, 0.29) is 36.7 Å². The van der Waals surface area contributed by atoms with Gasteiger partial charge in [0.05, 0.1) is 13.5 Å². The summed E-state index contributed by atoms with van der Waals surface area (Å²) in [4.78, 5) is 29.3. The Bertz CT molecular complexity index is 1770. The van der Waals surface area contributed by atoms with Crippen molar-refractivity contribution < 1.29 is 28.2 Å². The molecule has 4 aromatic rings. The first-order chi connectivity index (χ1) is 24.0. The number of benzene rings is 4. The molecule has 2 atom stereocenters. The number of para-hydroxylation sites is 1. The lowest BCUT2D eigenvalue weighted by Gasteiger charge is -2.31. The number of nitrogens with one attached hydrogen (secondary N) is 2. The third kappa shape index (κ3) is 10.7. The lowest BCUT2D eigenvalue weighted by atomic mass is 9.94. The molecule has 1 aliphatic rings. The number of nitrogens with zero attached hydrogens (tertiary/aromatic N) is 1. The van der Waals surface area contributed by atoms with Crippen LogP contribution in [0.2, 0.25) is 5.02 Å². The zero-order valence-corrected chi connectivity index (χ0v) is 31.0. The van der Waals surface area contributed by atoms with Crippen LogP contribution in [0, 0.1) is 11.2 Å². The Morgan fingerprint density at radius 3 is 2.43 bits per heavy atom. The van der Waals surface area contributed by atoms with Gasteiger partial charge in [-0.3, -0.25) is 9.59 Å². The van der Waals surface area contributed by atoms with Crippen molar-refractivity contribution >= 4 is 41.5 Å². The first kappa shape index (κ1) is 39.6. The van der Waals surface area contributed by atoms with Gasteiger partial charge in [-0.05, 0) is 54.3 Å². The van der Waals surface area contributed by atoms with E-state index in [1.54, 1.807) is 42.3 Å². The van der Waals surface area contributed by atoms with Gasteiger partial charge in [0.25, 0.3) is 5.91 Å². The van der Waals surface area contributed by atoms with Gasteiger partial charge in [-0.2, -0.15) is 0 Å². The van der Waals surface area contributed by atoms with E-state index < -0.39 is 23.9 Å². The monoisotopic (exact) mass is 737 g/mol. The zero-order valence-electron chi connectivity index (χ0n) is 29.4. The summed E-state index contributed by atoms with van der Waals surface area (Å²) >= 11 is 6.57. The first-order valence-electron chi connectivity index (χ1n) is 16.8. The molecule has 0 aromatic heterocycles. The molecule has 11 heteroatoms. The molecule has 0 bridgehead atoms. The topological polar surface area (TPSA) is 89.1 Å². The molecule has 0 saturated heterocycles. The Morgan fingerprint density at radius 2 is 1.71 bits per heavy atom. The van der Waals surface area contributed by atoms with Gasteiger partial charge in [-0.15, -0.1) is 12.4 Å². The number of anilines is 1. The summed E-state index contributed by atoms with van der Waals surface area (Å²) in [5.74, 6) is -0.264. The number of ether oxygens (including phenoxy) is 3. The number of hydrogen-bond donors (Lipinski definition) is 2. The van der Waals surface area contributed by atoms with Crippen LogP contribution in [0.5, 0.6) is 11.5 Å². The number of fused-ring (bicyclic) bond motifs is 1. The lowest BCUT2D eigenvalue weighted by Crippen LogP contribution is -2.45. The Hall–Kier alpha value is -4.15. The fourth-order valence-electron chi connectivity index (χ4n) is 5.97. The van der Waals surface area contributed by atoms with Crippen LogP contribution >= 0.6 is 24.0 Å². The van der Waals surface area contributed by atoms with Crippen LogP contribution in [-0.4, -0.2) is 51.3 Å². The van der Waals surface area contributed by atoms with Crippen LogP contribution in [-0.2, 0) is 27.3 Å². The molecule has 0 unspecified atom stereocenters. The largest absolute Gasteiger partial charge is 0.492 e. The molecule has 0 spiro atoms.